The Morgan fingerprint density at radius 2 is 1.92 bits per heavy atom. The summed E-state index contributed by atoms with van der Waals surface area (Å²) in [6, 6.07) is 8.21. The van der Waals surface area contributed by atoms with Gasteiger partial charge in [0.05, 0.1) is 16.0 Å². The number of nitrogens with one attached hydrogen (secondary N) is 1. The van der Waals surface area contributed by atoms with Crippen molar-refractivity contribution in [3.63, 3.8) is 0 Å². The minimum atomic E-state index is -3.88. The van der Waals surface area contributed by atoms with Crippen LogP contribution in [0.2, 0.25) is 0 Å². The predicted octanol–water partition coefficient (Wildman–Crippen LogP) is 2.23. The van der Waals surface area contributed by atoms with E-state index in [4.69, 9.17) is 0 Å². The minimum absolute atomic E-state index is 0.0209. The number of hydrogen-bond acceptors (Lipinski definition) is 6. The molecule has 0 aromatic heterocycles. The number of aryl methyl sites for hydroxylation is 2. The van der Waals surface area contributed by atoms with Gasteiger partial charge < -0.3 is 5.11 Å². The normalized spacial score (nSPS) is 11.6. The molecule has 2 rings (SSSR count). The van der Waals surface area contributed by atoms with Gasteiger partial charge in [-0.05, 0) is 31.5 Å². The lowest BCUT2D eigenvalue weighted by atomic mass is 10.2. The lowest BCUT2D eigenvalue weighted by molar-refractivity contribution is -0.384. The fourth-order valence-electron chi connectivity index (χ4n) is 2.07. The SMILES string of the molecule is Cc1ccc(S(=O)(=O)N/N=C\c2cc([N+](=O)[O-])ccc2O)c(C)c1. The van der Waals surface area contributed by atoms with Gasteiger partial charge in [0, 0.05) is 17.7 Å². The summed E-state index contributed by atoms with van der Waals surface area (Å²) in [6.07, 6.45) is 1.00. The Morgan fingerprint density at radius 3 is 2.54 bits per heavy atom. The number of nitrogens with zero attached hydrogens (tertiary/aromatic N) is 2. The van der Waals surface area contributed by atoms with Crippen LogP contribution in [0.3, 0.4) is 0 Å². The zero-order chi connectivity index (χ0) is 17.9. The summed E-state index contributed by atoms with van der Waals surface area (Å²) < 4.78 is 24.4. The Hall–Kier alpha value is -2.94. The van der Waals surface area contributed by atoms with Gasteiger partial charge >= 0.3 is 0 Å². The van der Waals surface area contributed by atoms with Crippen molar-refractivity contribution < 1.29 is 18.4 Å². The second kappa shape index (κ2) is 6.67. The third-order valence-corrected chi connectivity index (χ3v) is 4.60. The molecule has 0 aliphatic heterocycles. The highest BCUT2D eigenvalue weighted by Gasteiger charge is 2.16. The fraction of sp³-hybridized carbons (Fsp3) is 0.133. The zero-order valence-corrected chi connectivity index (χ0v) is 13.7. The summed E-state index contributed by atoms with van der Waals surface area (Å²) in [5.41, 5.74) is 1.27. The van der Waals surface area contributed by atoms with Crippen LogP contribution in [0, 0.1) is 24.0 Å². The van der Waals surface area contributed by atoms with E-state index in [1.807, 2.05) is 11.8 Å². The largest absolute Gasteiger partial charge is 0.507 e. The van der Waals surface area contributed by atoms with Gasteiger partial charge in [-0.3, -0.25) is 10.1 Å². The standard InChI is InChI=1S/C15H15N3O5S/c1-10-3-6-15(11(2)7-10)24(22,23)17-16-9-12-8-13(18(20)21)4-5-14(12)19/h3-9,17,19H,1-2H3/b16-9-. The number of aromatic hydroxyl groups is 1. The summed E-state index contributed by atoms with van der Waals surface area (Å²) in [6.45, 7) is 3.51. The first kappa shape index (κ1) is 17.4. The zero-order valence-electron chi connectivity index (χ0n) is 12.9. The second-order valence-corrected chi connectivity index (χ2v) is 6.75. The van der Waals surface area contributed by atoms with Gasteiger partial charge in [0.1, 0.15) is 5.75 Å². The van der Waals surface area contributed by atoms with Crippen molar-refractivity contribution in [1.82, 2.24) is 4.83 Å². The number of rotatable bonds is 5. The van der Waals surface area contributed by atoms with Crippen molar-refractivity contribution in [3.05, 3.63) is 63.2 Å². The average Bonchev–Trinajstić information content (AvgIpc) is 2.48. The maximum atomic E-state index is 12.2. The van der Waals surface area contributed by atoms with Crippen molar-refractivity contribution in [3.8, 4) is 5.75 Å². The Kier molecular flexibility index (Phi) is 4.84. The van der Waals surface area contributed by atoms with Gasteiger partial charge in [-0.25, -0.2) is 4.83 Å². The van der Waals surface area contributed by atoms with E-state index in [0.29, 0.717) is 5.56 Å². The van der Waals surface area contributed by atoms with Crippen LogP contribution in [0.5, 0.6) is 5.75 Å². The molecule has 0 bridgehead atoms. The topological polar surface area (TPSA) is 122 Å². The molecule has 2 N–H and O–H groups in total. The summed E-state index contributed by atoms with van der Waals surface area (Å²) in [5.74, 6) is -0.255. The monoisotopic (exact) mass is 349 g/mol. The van der Waals surface area contributed by atoms with Crippen molar-refractivity contribution in [2.75, 3.05) is 0 Å². The number of hydrazone groups is 1. The van der Waals surface area contributed by atoms with Crippen molar-refractivity contribution in [2.45, 2.75) is 18.7 Å². The van der Waals surface area contributed by atoms with Gasteiger partial charge in [-0.15, -0.1) is 0 Å². The number of nitro benzene ring substituents is 1. The number of phenolic OH excluding ortho intramolecular Hbond substituents is 1. The molecule has 0 heterocycles. The van der Waals surface area contributed by atoms with Gasteiger partial charge in [0.25, 0.3) is 15.7 Å². The van der Waals surface area contributed by atoms with Crippen LogP contribution in [0.25, 0.3) is 0 Å². The Labute approximate surface area is 138 Å². The number of non-ortho nitro benzene ring substituents is 1. The first-order chi connectivity index (χ1) is 11.2. The van der Waals surface area contributed by atoms with Gasteiger partial charge in [0.15, 0.2) is 0 Å². The molecule has 126 valence electrons. The molecule has 0 amide bonds. The molecule has 24 heavy (non-hydrogen) atoms. The van der Waals surface area contributed by atoms with E-state index in [1.54, 1.807) is 19.1 Å². The lowest BCUT2D eigenvalue weighted by Crippen LogP contribution is -2.19. The molecular weight excluding hydrogens is 334 g/mol. The van der Waals surface area contributed by atoms with E-state index < -0.39 is 14.9 Å². The number of sulfonamides is 1. The second-order valence-electron chi connectivity index (χ2n) is 5.12. The maximum Gasteiger partial charge on any atom is 0.276 e. The van der Waals surface area contributed by atoms with E-state index in [1.165, 1.54) is 6.07 Å². The highest BCUT2D eigenvalue weighted by Crippen LogP contribution is 2.21. The van der Waals surface area contributed by atoms with Crippen LogP contribution in [0.1, 0.15) is 16.7 Å². The van der Waals surface area contributed by atoms with Crippen LogP contribution in [-0.4, -0.2) is 24.7 Å². The molecule has 8 nitrogen and oxygen atoms in total. The summed E-state index contributed by atoms with van der Waals surface area (Å²) in [4.78, 5) is 12.2. The van der Waals surface area contributed by atoms with E-state index in [2.05, 4.69) is 5.10 Å². The number of nitro groups is 1. The van der Waals surface area contributed by atoms with Crippen molar-refractivity contribution >= 4 is 21.9 Å². The molecule has 0 atom stereocenters. The average molecular weight is 349 g/mol. The molecule has 0 saturated carbocycles. The highest BCUT2D eigenvalue weighted by atomic mass is 32.2. The molecule has 0 spiro atoms. The summed E-state index contributed by atoms with van der Waals surface area (Å²) >= 11 is 0. The summed E-state index contributed by atoms with van der Waals surface area (Å²) in [7, 11) is -3.88. The van der Waals surface area contributed by atoms with Gasteiger partial charge in [0.2, 0.25) is 0 Å². The quantitative estimate of drug-likeness (QED) is 0.487. The molecule has 0 unspecified atom stereocenters. The van der Waals surface area contributed by atoms with Crippen molar-refractivity contribution in [2.24, 2.45) is 5.10 Å². The molecular formula is C15H15N3O5S. The molecule has 2 aromatic rings. The Bertz CT molecular complexity index is 923. The number of benzene rings is 2. The molecule has 0 radical (unpaired) electrons. The van der Waals surface area contributed by atoms with Crippen LogP contribution in [0.4, 0.5) is 5.69 Å². The van der Waals surface area contributed by atoms with E-state index in [0.717, 1.165) is 30.0 Å². The predicted molar refractivity (Wildman–Crippen MR) is 88.6 cm³/mol. The maximum absolute atomic E-state index is 12.2. The third kappa shape index (κ3) is 3.87. The van der Waals surface area contributed by atoms with Crippen LogP contribution in [-0.2, 0) is 10.0 Å². The van der Waals surface area contributed by atoms with Crippen molar-refractivity contribution in [1.29, 1.82) is 0 Å². The molecule has 2 aromatic carbocycles. The van der Waals surface area contributed by atoms with Crippen LogP contribution in [0.15, 0.2) is 46.4 Å². The van der Waals surface area contributed by atoms with Crippen LogP contribution < -0.4 is 4.83 Å². The first-order valence-corrected chi connectivity index (χ1v) is 8.28. The number of hydrogen-bond donors (Lipinski definition) is 2. The van der Waals surface area contributed by atoms with Gasteiger partial charge in [-0.2, -0.15) is 13.5 Å². The summed E-state index contributed by atoms with van der Waals surface area (Å²) in [5, 5.41) is 23.9. The first-order valence-electron chi connectivity index (χ1n) is 6.80. The lowest BCUT2D eigenvalue weighted by Gasteiger charge is -2.07. The van der Waals surface area contributed by atoms with Crippen LogP contribution >= 0.6 is 0 Å². The number of phenols is 1. The minimum Gasteiger partial charge on any atom is -0.507 e. The molecule has 0 fully saturated rings. The van der Waals surface area contributed by atoms with E-state index in [-0.39, 0.29) is 21.9 Å². The fourth-order valence-corrected chi connectivity index (χ4v) is 3.09. The van der Waals surface area contributed by atoms with E-state index in [9.17, 15) is 23.6 Å². The van der Waals surface area contributed by atoms with Gasteiger partial charge in [-0.1, -0.05) is 17.7 Å². The third-order valence-electron chi connectivity index (χ3n) is 3.22. The Balaban J connectivity index is 2.25. The van der Waals surface area contributed by atoms with E-state index >= 15 is 0 Å². The molecule has 9 heteroatoms. The molecule has 0 aliphatic carbocycles. The highest BCUT2D eigenvalue weighted by molar-refractivity contribution is 7.89. The molecule has 0 aliphatic rings. The smallest absolute Gasteiger partial charge is 0.276 e. The Morgan fingerprint density at radius 1 is 1.21 bits per heavy atom. The molecule has 0 saturated heterocycles.